The summed E-state index contributed by atoms with van der Waals surface area (Å²) in [7, 11) is 1.64. The number of amides is 1. The number of esters is 1. The van der Waals surface area contributed by atoms with Gasteiger partial charge in [0.1, 0.15) is 0 Å². The van der Waals surface area contributed by atoms with Crippen molar-refractivity contribution >= 4 is 29.0 Å². The molecule has 1 N–H and O–H groups in total. The molecule has 0 unspecified atom stereocenters. The number of pyridine rings is 1. The number of aliphatic hydroxyl groups is 1. The highest BCUT2D eigenvalue weighted by molar-refractivity contribution is 6.31. The molecule has 1 saturated heterocycles. The standard InChI is InChI=1S/C23H20ClN3O4/c1-3-31-21(28)20-25-19(18-14-17(24)8-11-27(18)20)16-6-4-5-15(13-16)7-9-23(30)10-12-26(2)22(23)29/h4-6,8,11,13-14,30H,3,10,12H2,1-2H3/t23-/m0/s1. The average molecular weight is 438 g/mol. The van der Waals surface area contributed by atoms with Crippen molar-refractivity contribution in [3.05, 3.63) is 59.0 Å². The monoisotopic (exact) mass is 437 g/mol. The van der Waals surface area contributed by atoms with Crippen LogP contribution in [0.1, 0.15) is 29.5 Å². The number of ether oxygens (including phenoxy) is 1. The number of imidazole rings is 1. The minimum absolute atomic E-state index is 0.147. The van der Waals surface area contributed by atoms with Gasteiger partial charge in [-0.2, -0.15) is 0 Å². The molecular formula is C23H20ClN3O4. The van der Waals surface area contributed by atoms with E-state index in [-0.39, 0.29) is 18.9 Å². The highest BCUT2D eigenvalue weighted by Gasteiger charge is 2.42. The third kappa shape index (κ3) is 3.88. The van der Waals surface area contributed by atoms with Crippen LogP contribution in [-0.2, 0) is 9.53 Å². The molecule has 3 heterocycles. The summed E-state index contributed by atoms with van der Waals surface area (Å²) in [5, 5.41) is 11.0. The molecule has 1 amide bonds. The predicted molar refractivity (Wildman–Crippen MR) is 116 cm³/mol. The zero-order valence-corrected chi connectivity index (χ0v) is 17.8. The second-order valence-electron chi connectivity index (χ2n) is 7.27. The Labute approximate surface area is 184 Å². The maximum Gasteiger partial charge on any atom is 0.374 e. The van der Waals surface area contributed by atoms with Gasteiger partial charge in [-0.25, -0.2) is 9.78 Å². The van der Waals surface area contributed by atoms with Crippen molar-refractivity contribution in [2.24, 2.45) is 0 Å². The molecular weight excluding hydrogens is 418 g/mol. The van der Waals surface area contributed by atoms with Crippen LogP contribution in [0.5, 0.6) is 0 Å². The van der Waals surface area contributed by atoms with Crippen LogP contribution in [0.2, 0.25) is 5.02 Å². The van der Waals surface area contributed by atoms with Crippen LogP contribution in [-0.4, -0.2) is 57.1 Å². The van der Waals surface area contributed by atoms with Gasteiger partial charge in [0.15, 0.2) is 0 Å². The summed E-state index contributed by atoms with van der Waals surface area (Å²) in [6, 6.07) is 10.6. The van der Waals surface area contributed by atoms with Crippen molar-refractivity contribution in [3.8, 4) is 23.1 Å². The first-order valence-electron chi connectivity index (χ1n) is 9.78. The molecule has 0 saturated carbocycles. The van der Waals surface area contributed by atoms with Crippen molar-refractivity contribution in [1.82, 2.24) is 14.3 Å². The first-order chi connectivity index (χ1) is 14.8. The van der Waals surface area contributed by atoms with Crippen molar-refractivity contribution in [3.63, 3.8) is 0 Å². The average Bonchev–Trinajstić information content (AvgIpc) is 3.26. The van der Waals surface area contributed by atoms with Gasteiger partial charge in [0.2, 0.25) is 11.4 Å². The number of carbonyl (C=O) groups is 2. The molecule has 0 radical (unpaired) electrons. The molecule has 0 bridgehead atoms. The van der Waals surface area contributed by atoms with E-state index in [1.165, 1.54) is 4.90 Å². The molecule has 1 fully saturated rings. The summed E-state index contributed by atoms with van der Waals surface area (Å²) in [6.07, 6.45) is 1.93. The second kappa shape index (κ2) is 8.06. The van der Waals surface area contributed by atoms with E-state index in [1.54, 1.807) is 54.9 Å². The summed E-state index contributed by atoms with van der Waals surface area (Å²) in [6.45, 7) is 2.43. The fourth-order valence-corrected chi connectivity index (χ4v) is 3.66. The molecule has 158 valence electrons. The lowest BCUT2D eigenvalue weighted by Crippen LogP contribution is -2.37. The number of benzene rings is 1. The van der Waals surface area contributed by atoms with E-state index in [2.05, 4.69) is 16.8 Å². The van der Waals surface area contributed by atoms with Crippen LogP contribution >= 0.6 is 11.6 Å². The van der Waals surface area contributed by atoms with E-state index in [1.807, 2.05) is 6.07 Å². The summed E-state index contributed by atoms with van der Waals surface area (Å²) in [5.41, 5.74) is 0.839. The number of fused-ring (bicyclic) bond motifs is 1. The van der Waals surface area contributed by atoms with Crippen LogP contribution in [0.15, 0.2) is 42.6 Å². The Hall–Kier alpha value is -3.34. The van der Waals surface area contributed by atoms with Crippen LogP contribution < -0.4 is 0 Å². The fourth-order valence-electron chi connectivity index (χ4n) is 3.50. The van der Waals surface area contributed by atoms with Crippen molar-refractivity contribution in [1.29, 1.82) is 0 Å². The lowest BCUT2D eigenvalue weighted by Gasteiger charge is -2.13. The zero-order valence-electron chi connectivity index (χ0n) is 17.1. The number of halogens is 1. The van der Waals surface area contributed by atoms with E-state index >= 15 is 0 Å². The summed E-state index contributed by atoms with van der Waals surface area (Å²) in [4.78, 5) is 30.5. The number of hydrogen-bond acceptors (Lipinski definition) is 5. The highest BCUT2D eigenvalue weighted by atomic mass is 35.5. The molecule has 7 nitrogen and oxygen atoms in total. The first-order valence-corrected chi connectivity index (χ1v) is 10.2. The topological polar surface area (TPSA) is 84.1 Å². The Morgan fingerprint density at radius 3 is 2.87 bits per heavy atom. The van der Waals surface area contributed by atoms with E-state index < -0.39 is 17.5 Å². The van der Waals surface area contributed by atoms with Gasteiger partial charge in [0.05, 0.1) is 17.8 Å². The molecule has 1 aliphatic heterocycles. The fraction of sp³-hybridized carbons (Fsp3) is 0.261. The summed E-state index contributed by atoms with van der Waals surface area (Å²) >= 11 is 6.18. The number of hydrogen-bond donors (Lipinski definition) is 1. The van der Waals surface area contributed by atoms with Crippen LogP contribution in [0, 0.1) is 11.8 Å². The lowest BCUT2D eigenvalue weighted by atomic mass is 10.0. The minimum Gasteiger partial charge on any atom is -0.460 e. The third-order valence-electron chi connectivity index (χ3n) is 5.12. The van der Waals surface area contributed by atoms with Crippen LogP contribution in [0.3, 0.4) is 0 Å². The largest absolute Gasteiger partial charge is 0.460 e. The number of carbonyl (C=O) groups excluding carboxylic acids is 2. The maximum absolute atomic E-state index is 12.4. The number of likely N-dealkylation sites (N-methyl/N-ethyl adjacent to an activating group) is 1. The van der Waals surface area contributed by atoms with Crippen molar-refractivity contribution < 1.29 is 19.4 Å². The summed E-state index contributed by atoms with van der Waals surface area (Å²) < 4.78 is 6.76. The lowest BCUT2D eigenvalue weighted by molar-refractivity contribution is -0.137. The van der Waals surface area contributed by atoms with E-state index in [0.29, 0.717) is 33.9 Å². The normalized spacial score (nSPS) is 18.2. The number of aromatic nitrogens is 2. The minimum atomic E-state index is -1.67. The molecule has 8 heteroatoms. The van der Waals surface area contributed by atoms with Gasteiger partial charge in [-0.3, -0.25) is 9.20 Å². The highest BCUT2D eigenvalue weighted by Crippen LogP contribution is 2.28. The van der Waals surface area contributed by atoms with Gasteiger partial charge in [-0.15, -0.1) is 0 Å². The molecule has 0 aliphatic carbocycles. The molecule has 3 aromatic rings. The zero-order chi connectivity index (χ0) is 22.2. The third-order valence-corrected chi connectivity index (χ3v) is 5.36. The maximum atomic E-state index is 12.4. The molecule has 31 heavy (non-hydrogen) atoms. The molecule has 0 spiro atoms. The SMILES string of the molecule is CCOC(=O)c1nc(-c2cccc(C#C[C@]3(O)CCN(C)C3=O)c2)c2cc(Cl)ccn12. The Morgan fingerprint density at radius 1 is 1.35 bits per heavy atom. The van der Waals surface area contributed by atoms with Gasteiger partial charge < -0.3 is 14.7 Å². The van der Waals surface area contributed by atoms with Crippen molar-refractivity contribution in [2.75, 3.05) is 20.2 Å². The van der Waals surface area contributed by atoms with Gasteiger partial charge in [0, 0.05) is 42.4 Å². The molecule has 1 aliphatic rings. The van der Waals surface area contributed by atoms with E-state index in [9.17, 15) is 14.7 Å². The number of likely N-dealkylation sites (tertiary alicyclic amines) is 1. The molecule has 4 rings (SSSR count). The number of nitrogens with zero attached hydrogens (tertiary/aromatic N) is 3. The Balaban J connectivity index is 1.77. The van der Waals surface area contributed by atoms with Crippen LogP contribution in [0.4, 0.5) is 0 Å². The van der Waals surface area contributed by atoms with Gasteiger partial charge in [0.25, 0.3) is 5.91 Å². The first kappa shape index (κ1) is 20.9. The van der Waals surface area contributed by atoms with Gasteiger partial charge in [-0.05, 0) is 31.2 Å². The predicted octanol–water partition coefficient (Wildman–Crippen LogP) is 2.78. The Bertz CT molecular complexity index is 1260. The Morgan fingerprint density at radius 2 is 2.16 bits per heavy atom. The van der Waals surface area contributed by atoms with Crippen molar-refractivity contribution in [2.45, 2.75) is 18.9 Å². The quantitative estimate of drug-likeness (QED) is 0.503. The molecule has 1 aromatic carbocycles. The van der Waals surface area contributed by atoms with Gasteiger partial charge in [-0.1, -0.05) is 35.6 Å². The molecule has 2 aromatic heterocycles. The summed E-state index contributed by atoms with van der Waals surface area (Å²) in [5.74, 6) is 4.83. The van der Waals surface area contributed by atoms with E-state index in [4.69, 9.17) is 16.3 Å². The molecule has 1 atom stereocenters. The Kier molecular flexibility index (Phi) is 5.44. The van der Waals surface area contributed by atoms with E-state index in [0.717, 1.165) is 0 Å². The van der Waals surface area contributed by atoms with Crippen LogP contribution in [0.25, 0.3) is 16.8 Å². The second-order valence-corrected chi connectivity index (χ2v) is 7.71. The van der Waals surface area contributed by atoms with Gasteiger partial charge >= 0.3 is 5.97 Å². The smallest absolute Gasteiger partial charge is 0.374 e. The number of rotatable bonds is 3.